The lowest BCUT2D eigenvalue weighted by molar-refractivity contribution is -0.128. The van der Waals surface area contributed by atoms with Crippen molar-refractivity contribution in [2.24, 2.45) is 0 Å². The van der Waals surface area contributed by atoms with Crippen molar-refractivity contribution in [3.63, 3.8) is 0 Å². The fraction of sp³-hybridized carbons (Fsp3) is 0.500. The third-order valence-corrected chi connectivity index (χ3v) is 2.34. The molecule has 1 aromatic heterocycles. The zero-order valence-corrected chi connectivity index (χ0v) is 8.52. The second-order valence-corrected chi connectivity index (χ2v) is 3.54. The van der Waals surface area contributed by atoms with Crippen LogP contribution in [0.4, 0.5) is 0 Å². The Hall–Kier alpha value is -1.65. The molecule has 1 aliphatic rings. The first kappa shape index (κ1) is 9.89. The first-order valence-corrected chi connectivity index (χ1v) is 4.92. The molecule has 0 spiro atoms. The molecule has 80 valence electrons. The summed E-state index contributed by atoms with van der Waals surface area (Å²) in [5.41, 5.74) is 0. The molecule has 0 saturated carbocycles. The summed E-state index contributed by atoms with van der Waals surface area (Å²) in [5.74, 6) is 1.11. The summed E-state index contributed by atoms with van der Waals surface area (Å²) >= 11 is 0. The number of amides is 1. The van der Waals surface area contributed by atoms with E-state index >= 15 is 0 Å². The number of rotatable bonds is 3. The van der Waals surface area contributed by atoms with Gasteiger partial charge in [-0.05, 0) is 0 Å². The molecule has 0 aromatic carbocycles. The summed E-state index contributed by atoms with van der Waals surface area (Å²) < 4.78 is 5.36. The molecule has 0 N–H and O–H groups in total. The van der Waals surface area contributed by atoms with Crippen LogP contribution in [0.15, 0.2) is 10.6 Å². The normalized spacial score (nSPS) is 16.5. The highest BCUT2D eigenvalue weighted by Crippen LogP contribution is 2.12. The number of aromatic nitrogens is 1. The number of Topliss-reactive ketones (excluding diaryl/α,β-unsaturated/α-hetero) is 1. The number of hydrogen-bond donors (Lipinski definition) is 0. The molecule has 2 rings (SSSR count). The van der Waals surface area contributed by atoms with Gasteiger partial charge in [0.1, 0.15) is 5.76 Å². The molecule has 0 aliphatic carbocycles. The number of aryl methyl sites for hydroxylation is 1. The summed E-state index contributed by atoms with van der Waals surface area (Å²) in [6, 6.07) is 0. The van der Waals surface area contributed by atoms with Gasteiger partial charge in [0, 0.05) is 6.42 Å². The van der Waals surface area contributed by atoms with Crippen LogP contribution in [-0.2, 0) is 22.6 Å². The van der Waals surface area contributed by atoms with Crippen LogP contribution >= 0.6 is 0 Å². The molecule has 15 heavy (non-hydrogen) atoms. The number of carbonyl (C=O) groups is 2. The van der Waals surface area contributed by atoms with Gasteiger partial charge in [-0.15, -0.1) is 0 Å². The molecule has 0 radical (unpaired) electrons. The molecule has 1 aromatic rings. The molecule has 0 atom stereocenters. The van der Waals surface area contributed by atoms with Gasteiger partial charge in [0.05, 0.1) is 25.7 Å². The number of nitrogens with zero attached hydrogens (tertiary/aromatic N) is 2. The largest absolute Gasteiger partial charge is 0.444 e. The first-order valence-electron chi connectivity index (χ1n) is 4.92. The standard InChI is InChI=1S/C10H12N2O3/c1-2-8-4-11-9(15-8)6-12-5-7(13)3-10(12)14/h4H,2-3,5-6H2,1H3. The van der Waals surface area contributed by atoms with E-state index in [1.54, 1.807) is 6.20 Å². The molecule has 2 heterocycles. The van der Waals surface area contributed by atoms with Gasteiger partial charge >= 0.3 is 0 Å². The molecule has 0 unspecified atom stereocenters. The number of carbonyl (C=O) groups excluding carboxylic acids is 2. The van der Waals surface area contributed by atoms with Gasteiger partial charge in [-0.3, -0.25) is 9.59 Å². The number of ketones is 1. The van der Waals surface area contributed by atoms with Crippen molar-refractivity contribution in [1.82, 2.24) is 9.88 Å². The Balaban J connectivity index is 2.02. The minimum Gasteiger partial charge on any atom is -0.444 e. The van der Waals surface area contributed by atoms with E-state index in [0.717, 1.165) is 12.2 Å². The van der Waals surface area contributed by atoms with Gasteiger partial charge in [-0.2, -0.15) is 0 Å². The van der Waals surface area contributed by atoms with Gasteiger partial charge in [-0.25, -0.2) is 4.98 Å². The predicted octanol–water partition coefficient (Wildman–Crippen LogP) is 0.538. The van der Waals surface area contributed by atoms with E-state index in [1.807, 2.05) is 6.92 Å². The minimum atomic E-state index is -0.142. The van der Waals surface area contributed by atoms with Gasteiger partial charge in [0.15, 0.2) is 5.78 Å². The Morgan fingerprint density at radius 3 is 2.87 bits per heavy atom. The molecule has 1 amide bonds. The number of oxazole rings is 1. The molecule has 1 saturated heterocycles. The zero-order valence-electron chi connectivity index (χ0n) is 8.52. The smallest absolute Gasteiger partial charge is 0.230 e. The maximum atomic E-state index is 11.3. The van der Waals surface area contributed by atoms with Crippen molar-refractivity contribution in [2.45, 2.75) is 26.3 Å². The van der Waals surface area contributed by atoms with Crippen molar-refractivity contribution in [2.75, 3.05) is 6.54 Å². The van der Waals surface area contributed by atoms with Gasteiger partial charge in [0.2, 0.25) is 11.8 Å². The van der Waals surface area contributed by atoms with E-state index in [4.69, 9.17) is 4.42 Å². The summed E-state index contributed by atoms with van der Waals surface area (Å²) in [5, 5.41) is 0. The van der Waals surface area contributed by atoms with Crippen LogP contribution in [0, 0.1) is 0 Å². The van der Waals surface area contributed by atoms with E-state index < -0.39 is 0 Å². The van der Waals surface area contributed by atoms with E-state index in [9.17, 15) is 9.59 Å². The van der Waals surface area contributed by atoms with Crippen molar-refractivity contribution >= 4 is 11.7 Å². The highest BCUT2D eigenvalue weighted by Gasteiger charge is 2.28. The second-order valence-electron chi connectivity index (χ2n) is 3.54. The van der Waals surface area contributed by atoms with Crippen LogP contribution < -0.4 is 0 Å². The predicted molar refractivity (Wildman–Crippen MR) is 50.9 cm³/mol. The molecule has 0 bridgehead atoms. The Morgan fingerprint density at radius 1 is 1.53 bits per heavy atom. The van der Waals surface area contributed by atoms with E-state index in [-0.39, 0.29) is 24.7 Å². The molecular formula is C10H12N2O3. The van der Waals surface area contributed by atoms with Crippen LogP contribution in [0.3, 0.4) is 0 Å². The van der Waals surface area contributed by atoms with E-state index in [2.05, 4.69) is 4.98 Å². The molecule has 5 heteroatoms. The SMILES string of the molecule is CCc1cnc(CN2CC(=O)CC2=O)o1. The molecule has 1 fully saturated rings. The fourth-order valence-corrected chi connectivity index (χ4v) is 1.53. The number of likely N-dealkylation sites (tertiary alicyclic amines) is 1. The van der Waals surface area contributed by atoms with Crippen LogP contribution in [0.5, 0.6) is 0 Å². The summed E-state index contributed by atoms with van der Waals surface area (Å²) in [7, 11) is 0. The fourth-order valence-electron chi connectivity index (χ4n) is 1.53. The van der Waals surface area contributed by atoms with Crippen LogP contribution in [0.1, 0.15) is 25.0 Å². The van der Waals surface area contributed by atoms with Gasteiger partial charge < -0.3 is 9.32 Å². The van der Waals surface area contributed by atoms with Gasteiger partial charge in [0.25, 0.3) is 0 Å². The molecule has 1 aliphatic heterocycles. The summed E-state index contributed by atoms with van der Waals surface area (Å²) in [6.07, 6.45) is 2.44. The van der Waals surface area contributed by atoms with E-state index in [1.165, 1.54) is 4.90 Å². The average molecular weight is 208 g/mol. The Morgan fingerprint density at radius 2 is 2.33 bits per heavy atom. The third kappa shape index (κ3) is 2.06. The average Bonchev–Trinajstić information content (AvgIpc) is 2.75. The Labute approximate surface area is 87.1 Å². The quantitative estimate of drug-likeness (QED) is 0.680. The van der Waals surface area contributed by atoms with Crippen molar-refractivity contribution in [3.05, 3.63) is 17.8 Å². The van der Waals surface area contributed by atoms with Gasteiger partial charge in [-0.1, -0.05) is 6.92 Å². The second kappa shape index (κ2) is 3.84. The zero-order chi connectivity index (χ0) is 10.8. The minimum absolute atomic E-state index is 0.0152. The Kier molecular flexibility index (Phi) is 2.53. The summed E-state index contributed by atoms with van der Waals surface area (Å²) in [4.78, 5) is 27.8. The number of hydrogen-bond acceptors (Lipinski definition) is 4. The summed E-state index contributed by atoms with van der Waals surface area (Å²) in [6.45, 7) is 2.45. The lowest BCUT2D eigenvalue weighted by Crippen LogP contribution is -2.24. The molecular weight excluding hydrogens is 196 g/mol. The van der Waals surface area contributed by atoms with Crippen LogP contribution in [0.2, 0.25) is 0 Å². The van der Waals surface area contributed by atoms with Crippen LogP contribution in [0.25, 0.3) is 0 Å². The molecule has 5 nitrogen and oxygen atoms in total. The Bertz CT molecular complexity index is 397. The lowest BCUT2D eigenvalue weighted by atomic mass is 10.3. The topological polar surface area (TPSA) is 63.4 Å². The van der Waals surface area contributed by atoms with Crippen molar-refractivity contribution < 1.29 is 14.0 Å². The van der Waals surface area contributed by atoms with Crippen molar-refractivity contribution in [3.8, 4) is 0 Å². The maximum Gasteiger partial charge on any atom is 0.230 e. The third-order valence-electron chi connectivity index (χ3n) is 2.34. The van der Waals surface area contributed by atoms with Crippen molar-refractivity contribution in [1.29, 1.82) is 0 Å². The van der Waals surface area contributed by atoms with E-state index in [0.29, 0.717) is 12.4 Å². The maximum absolute atomic E-state index is 11.3. The highest BCUT2D eigenvalue weighted by atomic mass is 16.4. The van der Waals surface area contributed by atoms with Crippen LogP contribution in [-0.4, -0.2) is 28.1 Å². The first-order chi connectivity index (χ1) is 7.19. The monoisotopic (exact) mass is 208 g/mol. The lowest BCUT2D eigenvalue weighted by Gasteiger charge is -2.10. The highest BCUT2D eigenvalue weighted by molar-refractivity contribution is 6.05.